The van der Waals surface area contributed by atoms with Crippen LogP contribution in [0.3, 0.4) is 0 Å². The van der Waals surface area contributed by atoms with Crippen LogP contribution in [0.15, 0.2) is 18.3 Å². The van der Waals surface area contributed by atoms with E-state index >= 15 is 0 Å². The van der Waals surface area contributed by atoms with Crippen molar-refractivity contribution in [3.05, 3.63) is 24.0 Å². The average Bonchev–Trinajstić information content (AvgIpc) is 2.84. The van der Waals surface area contributed by atoms with Gasteiger partial charge in [-0.1, -0.05) is 20.8 Å². The molecule has 1 aromatic rings. The van der Waals surface area contributed by atoms with Gasteiger partial charge in [0, 0.05) is 7.05 Å². The van der Waals surface area contributed by atoms with Crippen molar-refractivity contribution in [3.63, 3.8) is 0 Å². The third-order valence-electron chi connectivity index (χ3n) is 3.99. The lowest BCUT2D eigenvalue weighted by Gasteiger charge is -2.33. The van der Waals surface area contributed by atoms with Crippen LogP contribution in [-0.2, 0) is 0 Å². The Labute approximate surface area is 139 Å². The van der Waals surface area contributed by atoms with Gasteiger partial charge in [-0.05, 0) is 17.5 Å². The number of nitrogens with zero attached hydrogens (tertiary/aromatic N) is 2. The number of carbonyl (C=O) groups is 2. The van der Waals surface area contributed by atoms with Crippen molar-refractivity contribution >= 4 is 12.0 Å². The maximum Gasteiger partial charge on any atom is 0.407 e. The summed E-state index contributed by atoms with van der Waals surface area (Å²) in [4.78, 5) is 27.9. The number of alkyl halides is 1. The van der Waals surface area contributed by atoms with Crippen LogP contribution in [0.1, 0.15) is 31.3 Å². The minimum atomic E-state index is -1.46. The van der Waals surface area contributed by atoms with E-state index in [4.69, 9.17) is 4.74 Å². The van der Waals surface area contributed by atoms with Crippen molar-refractivity contribution in [1.82, 2.24) is 15.2 Å². The molecular formula is C16H22FN3O4. The molecule has 2 amide bonds. The number of amides is 2. The highest BCUT2D eigenvalue weighted by atomic mass is 19.1. The predicted octanol–water partition coefficient (Wildman–Crippen LogP) is 1.93. The van der Waals surface area contributed by atoms with E-state index in [2.05, 4.69) is 10.3 Å². The number of pyridine rings is 1. The van der Waals surface area contributed by atoms with E-state index in [0.717, 1.165) is 4.90 Å². The number of carboxylic acid groups (broad SMARTS) is 1. The molecule has 0 saturated carbocycles. The molecular weight excluding hydrogens is 317 g/mol. The van der Waals surface area contributed by atoms with Gasteiger partial charge >= 0.3 is 6.09 Å². The second-order valence-corrected chi connectivity index (χ2v) is 6.80. The molecule has 1 aliphatic rings. The molecule has 132 valence electrons. The molecule has 24 heavy (non-hydrogen) atoms. The second kappa shape index (κ2) is 6.62. The van der Waals surface area contributed by atoms with Gasteiger partial charge in [-0.25, -0.2) is 14.2 Å². The molecule has 2 heterocycles. The van der Waals surface area contributed by atoms with E-state index in [1.807, 2.05) is 0 Å². The minimum absolute atomic E-state index is 0.0599. The van der Waals surface area contributed by atoms with E-state index in [9.17, 15) is 19.1 Å². The van der Waals surface area contributed by atoms with Crippen LogP contribution in [0.25, 0.3) is 0 Å². The molecule has 0 aromatic carbocycles. The number of hydrogen-bond acceptors (Lipinski definition) is 4. The van der Waals surface area contributed by atoms with Gasteiger partial charge in [-0.15, -0.1) is 0 Å². The van der Waals surface area contributed by atoms with E-state index in [1.54, 1.807) is 20.8 Å². The van der Waals surface area contributed by atoms with Crippen LogP contribution in [0, 0.1) is 5.41 Å². The fourth-order valence-corrected chi connectivity index (χ4v) is 2.92. The van der Waals surface area contributed by atoms with Gasteiger partial charge in [-0.3, -0.25) is 9.69 Å². The number of rotatable bonds is 3. The minimum Gasteiger partial charge on any atom is -0.484 e. The van der Waals surface area contributed by atoms with Crippen molar-refractivity contribution in [2.45, 2.75) is 39.1 Å². The monoisotopic (exact) mass is 339 g/mol. The highest BCUT2D eigenvalue weighted by Crippen LogP contribution is 2.36. The number of nitrogens with one attached hydrogen (secondary N) is 1. The smallest absolute Gasteiger partial charge is 0.407 e. The fourth-order valence-electron chi connectivity index (χ4n) is 2.92. The summed E-state index contributed by atoms with van der Waals surface area (Å²) in [6.07, 6.45) is -2.22. The second-order valence-electron chi connectivity index (χ2n) is 6.80. The highest BCUT2D eigenvalue weighted by molar-refractivity contribution is 5.91. The molecule has 8 heteroatoms. The van der Waals surface area contributed by atoms with Gasteiger partial charge in [0.15, 0.2) is 6.17 Å². The third-order valence-corrected chi connectivity index (χ3v) is 3.99. The van der Waals surface area contributed by atoms with Crippen LogP contribution in [0.5, 0.6) is 5.75 Å². The van der Waals surface area contributed by atoms with E-state index in [0.29, 0.717) is 0 Å². The number of halogens is 1. The summed E-state index contributed by atoms with van der Waals surface area (Å²) < 4.78 is 20.4. The molecule has 1 aliphatic heterocycles. The Kier molecular flexibility index (Phi) is 4.96. The van der Waals surface area contributed by atoms with Gasteiger partial charge in [-0.2, -0.15) is 0 Å². The lowest BCUT2D eigenvalue weighted by Crippen LogP contribution is -2.46. The van der Waals surface area contributed by atoms with Gasteiger partial charge in [0.25, 0.3) is 5.91 Å². The first-order valence-electron chi connectivity index (χ1n) is 7.63. The molecule has 1 fully saturated rings. The van der Waals surface area contributed by atoms with Crippen LogP contribution in [-0.4, -0.2) is 58.9 Å². The zero-order valence-electron chi connectivity index (χ0n) is 14.1. The topological polar surface area (TPSA) is 91.8 Å². The molecule has 1 unspecified atom stereocenters. The van der Waals surface area contributed by atoms with Crippen LogP contribution >= 0.6 is 0 Å². The number of likely N-dealkylation sites (tertiary alicyclic amines) is 1. The predicted molar refractivity (Wildman–Crippen MR) is 84.9 cm³/mol. The van der Waals surface area contributed by atoms with Crippen molar-refractivity contribution in [3.8, 4) is 5.75 Å². The van der Waals surface area contributed by atoms with Crippen molar-refractivity contribution in [2.75, 3.05) is 13.6 Å². The Balaban J connectivity index is 2.15. The van der Waals surface area contributed by atoms with Crippen LogP contribution in [0.2, 0.25) is 0 Å². The Morgan fingerprint density at radius 1 is 1.42 bits per heavy atom. The third kappa shape index (κ3) is 3.58. The van der Waals surface area contributed by atoms with Crippen LogP contribution < -0.4 is 10.1 Å². The summed E-state index contributed by atoms with van der Waals surface area (Å²) in [5.41, 5.74) is -0.343. The summed E-state index contributed by atoms with van der Waals surface area (Å²) in [5, 5.41) is 11.8. The maximum absolute atomic E-state index is 14.8. The summed E-state index contributed by atoms with van der Waals surface area (Å²) in [6.45, 7) is 5.32. The van der Waals surface area contributed by atoms with E-state index in [1.165, 1.54) is 25.4 Å². The van der Waals surface area contributed by atoms with E-state index in [-0.39, 0.29) is 23.9 Å². The average molecular weight is 339 g/mol. The number of hydrogen-bond donors (Lipinski definition) is 2. The Morgan fingerprint density at radius 3 is 2.50 bits per heavy atom. The van der Waals surface area contributed by atoms with E-state index < -0.39 is 29.8 Å². The Morgan fingerprint density at radius 2 is 2.08 bits per heavy atom. The summed E-state index contributed by atoms with van der Waals surface area (Å²) in [6, 6.07) is 2.19. The van der Waals surface area contributed by atoms with Gasteiger partial charge < -0.3 is 15.2 Å². The molecule has 2 rings (SSSR count). The number of ether oxygens (including phenoxy) is 1. The Bertz CT molecular complexity index is 615. The standard InChI is InChI=1S/C16H22FN3O4/c1-16(2,3)13-12(17)11(8-20(13)15(22)23)24-9-5-6-10(19-7-9)14(21)18-4/h5-7,11-13H,8H2,1-4H3,(H,18,21)(H,22,23)/t11-,12-,13?/m1/s1. The number of carbonyl (C=O) groups excluding carboxylic acids is 1. The van der Waals surface area contributed by atoms with Crippen molar-refractivity contribution in [1.29, 1.82) is 0 Å². The summed E-state index contributed by atoms with van der Waals surface area (Å²) in [7, 11) is 1.49. The van der Waals surface area contributed by atoms with Crippen LogP contribution in [0.4, 0.5) is 9.18 Å². The first-order valence-corrected chi connectivity index (χ1v) is 7.63. The molecule has 1 saturated heterocycles. The van der Waals surface area contributed by atoms with Crippen molar-refractivity contribution < 1.29 is 23.8 Å². The number of aromatic nitrogens is 1. The van der Waals surface area contributed by atoms with Crippen molar-refractivity contribution in [2.24, 2.45) is 5.41 Å². The SMILES string of the molecule is CNC(=O)c1ccc(O[C@@H]2CN(C(=O)O)C(C(C)(C)C)[C@@H]2F)cn1. The fraction of sp³-hybridized carbons (Fsp3) is 0.562. The lowest BCUT2D eigenvalue weighted by atomic mass is 9.84. The molecule has 0 spiro atoms. The zero-order chi connectivity index (χ0) is 18.1. The van der Waals surface area contributed by atoms with Gasteiger partial charge in [0.05, 0.1) is 18.8 Å². The van der Waals surface area contributed by atoms with Gasteiger partial charge in [0.2, 0.25) is 0 Å². The van der Waals surface area contributed by atoms with Gasteiger partial charge in [0.1, 0.15) is 17.5 Å². The maximum atomic E-state index is 14.8. The molecule has 2 N–H and O–H groups in total. The first kappa shape index (κ1) is 18.0. The molecule has 0 radical (unpaired) electrons. The lowest BCUT2D eigenvalue weighted by molar-refractivity contribution is 0.0685. The molecule has 3 atom stereocenters. The normalized spacial score (nSPS) is 23.9. The largest absolute Gasteiger partial charge is 0.484 e. The molecule has 0 aliphatic carbocycles. The Hall–Kier alpha value is -2.38. The molecule has 0 bridgehead atoms. The highest BCUT2D eigenvalue weighted by Gasteiger charge is 2.51. The quantitative estimate of drug-likeness (QED) is 0.878. The first-order chi connectivity index (χ1) is 11.1. The molecule has 1 aromatic heterocycles. The summed E-state index contributed by atoms with van der Waals surface area (Å²) >= 11 is 0. The molecule has 7 nitrogen and oxygen atoms in total. The summed E-state index contributed by atoms with van der Waals surface area (Å²) in [5.74, 6) is -0.0502. The zero-order valence-corrected chi connectivity index (χ0v) is 14.1.